The number of ether oxygens (including phenoxy) is 1. The average molecular weight is 401 g/mol. The Morgan fingerprint density at radius 2 is 1.96 bits per heavy atom. The van der Waals surface area contributed by atoms with Crippen LogP contribution in [0.1, 0.15) is 5.69 Å². The van der Waals surface area contributed by atoms with Gasteiger partial charge in [0.15, 0.2) is 16.8 Å². The van der Waals surface area contributed by atoms with Crippen molar-refractivity contribution in [2.45, 2.75) is 17.5 Å². The Kier molecular flexibility index (Phi) is 5.40. The molecule has 0 spiro atoms. The third-order valence-electron chi connectivity index (χ3n) is 4.21. The number of rotatable bonds is 7. The summed E-state index contributed by atoms with van der Waals surface area (Å²) in [6.45, 7) is 1.27. The predicted molar refractivity (Wildman–Crippen MR) is 103 cm³/mol. The molecule has 0 aliphatic heterocycles. The minimum Gasteiger partial charge on any atom is -0.444 e. The highest BCUT2D eigenvalue weighted by atomic mass is 32.2. The zero-order valence-corrected chi connectivity index (χ0v) is 15.9. The summed E-state index contributed by atoms with van der Waals surface area (Å²) in [6.07, 6.45) is 1.52. The van der Waals surface area contributed by atoms with E-state index in [1.807, 2.05) is 24.3 Å². The van der Waals surface area contributed by atoms with Crippen molar-refractivity contribution < 1.29 is 17.9 Å². The van der Waals surface area contributed by atoms with E-state index in [1.54, 1.807) is 7.11 Å². The van der Waals surface area contributed by atoms with E-state index in [-0.39, 0.29) is 5.89 Å². The van der Waals surface area contributed by atoms with Crippen LogP contribution < -0.4 is 0 Å². The van der Waals surface area contributed by atoms with Crippen molar-refractivity contribution in [3.8, 4) is 11.5 Å². The lowest BCUT2D eigenvalue weighted by Crippen LogP contribution is -2.05. The van der Waals surface area contributed by atoms with Gasteiger partial charge in [0.05, 0.1) is 23.3 Å². The summed E-state index contributed by atoms with van der Waals surface area (Å²) in [4.78, 5) is 9.06. The SMILES string of the molecule is COCCn1c(SCc2coc(-c3ccc(F)c(F)c3)n2)nc2ccccc21. The van der Waals surface area contributed by atoms with Gasteiger partial charge in [0, 0.05) is 25.0 Å². The van der Waals surface area contributed by atoms with Crippen LogP contribution in [0.5, 0.6) is 0 Å². The maximum absolute atomic E-state index is 13.4. The van der Waals surface area contributed by atoms with Crippen LogP contribution in [0.3, 0.4) is 0 Å². The van der Waals surface area contributed by atoms with Crippen molar-refractivity contribution in [3.05, 3.63) is 66.1 Å². The largest absolute Gasteiger partial charge is 0.444 e. The first-order valence-corrected chi connectivity index (χ1v) is 9.61. The van der Waals surface area contributed by atoms with E-state index < -0.39 is 11.6 Å². The number of hydrogen-bond donors (Lipinski definition) is 0. The van der Waals surface area contributed by atoms with E-state index in [1.165, 1.54) is 24.1 Å². The second kappa shape index (κ2) is 8.12. The van der Waals surface area contributed by atoms with Crippen molar-refractivity contribution in [3.63, 3.8) is 0 Å². The zero-order valence-electron chi connectivity index (χ0n) is 15.1. The standard InChI is InChI=1S/C20H17F2N3O2S/c1-26-9-8-25-18-5-3-2-4-17(18)24-20(25)28-12-14-11-27-19(23-14)13-6-7-15(21)16(22)10-13/h2-7,10-11H,8-9,12H2,1H3. The number of nitrogens with zero attached hydrogens (tertiary/aromatic N) is 3. The molecule has 4 rings (SSSR count). The molecule has 0 unspecified atom stereocenters. The van der Waals surface area contributed by atoms with Crippen LogP contribution in [-0.2, 0) is 17.0 Å². The number of aromatic nitrogens is 3. The number of oxazole rings is 1. The number of halogens is 2. The second-order valence-corrected chi connectivity index (χ2v) is 7.03. The molecule has 5 nitrogen and oxygen atoms in total. The lowest BCUT2D eigenvalue weighted by Gasteiger charge is -2.07. The fraction of sp³-hybridized carbons (Fsp3) is 0.200. The quantitative estimate of drug-likeness (QED) is 0.412. The molecule has 2 aromatic heterocycles. The van der Waals surface area contributed by atoms with Gasteiger partial charge in [-0.25, -0.2) is 18.7 Å². The van der Waals surface area contributed by atoms with Gasteiger partial charge in [-0.05, 0) is 30.3 Å². The van der Waals surface area contributed by atoms with Crippen molar-refractivity contribution in [2.75, 3.05) is 13.7 Å². The summed E-state index contributed by atoms with van der Waals surface area (Å²) in [7, 11) is 1.67. The van der Waals surface area contributed by atoms with E-state index >= 15 is 0 Å². The summed E-state index contributed by atoms with van der Waals surface area (Å²) in [6, 6.07) is 11.5. The van der Waals surface area contributed by atoms with Crippen LogP contribution in [0.4, 0.5) is 8.78 Å². The van der Waals surface area contributed by atoms with Crippen LogP contribution in [0.2, 0.25) is 0 Å². The molecule has 0 aliphatic carbocycles. The average Bonchev–Trinajstić information content (AvgIpc) is 3.31. The van der Waals surface area contributed by atoms with Gasteiger partial charge >= 0.3 is 0 Å². The minimum absolute atomic E-state index is 0.252. The molecule has 0 atom stereocenters. The number of hydrogen-bond acceptors (Lipinski definition) is 5. The number of benzene rings is 2. The van der Waals surface area contributed by atoms with E-state index in [4.69, 9.17) is 9.15 Å². The maximum Gasteiger partial charge on any atom is 0.226 e. The zero-order chi connectivity index (χ0) is 19.5. The molecule has 0 bridgehead atoms. The maximum atomic E-state index is 13.4. The smallest absolute Gasteiger partial charge is 0.226 e. The van der Waals surface area contributed by atoms with Crippen molar-refractivity contribution in [2.24, 2.45) is 0 Å². The van der Waals surface area contributed by atoms with Crippen molar-refractivity contribution in [1.29, 1.82) is 0 Å². The first-order valence-electron chi connectivity index (χ1n) is 8.62. The first-order chi connectivity index (χ1) is 13.7. The van der Waals surface area contributed by atoms with E-state index in [0.29, 0.717) is 30.2 Å². The van der Waals surface area contributed by atoms with Gasteiger partial charge < -0.3 is 13.7 Å². The Hall–Kier alpha value is -2.71. The van der Waals surface area contributed by atoms with Crippen molar-refractivity contribution >= 4 is 22.8 Å². The van der Waals surface area contributed by atoms with Crippen LogP contribution in [0, 0.1) is 11.6 Å². The Morgan fingerprint density at radius 3 is 2.79 bits per heavy atom. The number of fused-ring (bicyclic) bond motifs is 1. The van der Waals surface area contributed by atoms with E-state index in [0.717, 1.165) is 28.3 Å². The molecule has 0 saturated heterocycles. The molecule has 8 heteroatoms. The molecule has 0 N–H and O–H groups in total. The molecular formula is C20H17F2N3O2S. The molecule has 0 amide bonds. The predicted octanol–water partition coefficient (Wildman–Crippen LogP) is 4.91. The Morgan fingerprint density at radius 1 is 1.11 bits per heavy atom. The normalized spacial score (nSPS) is 11.4. The van der Waals surface area contributed by atoms with Crippen LogP contribution in [-0.4, -0.2) is 28.3 Å². The van der Waals surface area contributed by atoms with Gasteiger partial charge in [-0.3, -0.25) is 0 Å². The van der Waals surface area contributed by atoms with Crippen LogP contribution in [0.15, 0.2) is 58.3 Å². The molecule has 0 fully saturated rings. The minimum atomic E-state index is -0.932. The highest BCUT2D eigenvalue weighted by molar-refractivity contribution is 7.98. The molecule has 4 aromatic rings. The first kappa shape index (κ1) is 18.6. The second-order valence-electron chi connectivity index (χ2n) is 6.09. The lowest BCUT2D eigenvalue weighted by atomic mass is 10.2. The molecule has 144 valence electrons. The van der Waals surface area contributed by atoms with Gasteiger partial charge in [0.2, 0.25) is 5.89 Å². The van der Waals surface area contributed by atoms with Gasteiger partial charge in [-0.1, -0.05) is 23.9 Å². The van der Waals surface area contributed by atoms with Crippen LogP contribution in [0.25, 0.3) is 22.5 Å². The van der Waals surface area contributed by atoms with Gasteiger partial charge in [0.1, 0.15) is 6.26 Å². The lowest BCUT2D eigenvalue weighted by molar-refractivity contribution is 0.186. The summed E-state index contributed by atoms with van der Waals surface area (Å²) in [5, 5.41) is 0.857. The number of thioether (sulfide) groups is 1. The summed E-state index contributed by atoms with van der Waals surface area (Å²) in [5.41, 5.74) is 3.05. The van der Waals surface area contributed by atoms with E-state index in [9.17, 15) is 8.78 Å². The van der Waals surface area contributed by atoms with Gasteiger partial charge in [-0.2, -0.15) is 0 Å². The highest BCUT2D eigenvalue weighted by Gasteiger charge is 2.14. The molecule has 2 aromatic carbocycles. The van der Waals surface area contributed by atoms with Gasteiger partial charge in [-0.15, -0.1) is 0 Å². The topological polar surface area (TPSA) is 53.1 Å². The number of methoxy groups -OCH3 is 1. The third kappa shape index (κ3) is 3.79. The van der Waals surface area contributed by atoms with E-state index in [2.05, 4.69) is 14.5 Å². The highest BCUT2D eigenvalue weighted by Crippen LogP contribution is 2.28. The monoisotopic (exact) mass is 401 g/mol. The Labute approximate surface area is 164 Å². The molecule has 0 radical (unpaired) electrons. The Bertz CT molecular complexity index is 1110. The van der Waals surface area contributed by atoms with Crippen LogP contribution >= 0.6 is 11.8 Å². The molecule has 2 heterocycles. The summed E-state index contributed by atoms with van der Waals surface area (Å²) < 4.78 is 39.3. The molecule has 0 aliphatic rings. The third-order valence-corrected chi connectivity index (χ3v) is 5.22. The number of imidazole rings is 1. The summed E-state index contributed by atoms with van der Waals surface area (Å²) in [5.74, 6) is -1.05. The summed E-state index contributed by atoms with van der Waals surface area (Å²) >= 11 is 1.53. The fourth-order valence-corrected chi connectivity index (χ4v) is 3.75. The molecule has 0 saturated carbocycles. The molecular weight excluding hydrogens is 384 g/mol. The van der Waals surface area contributed by atoms with Crippen molar-refractivity contribution in [1.82, 2.24) is 14.5 Å². The fourth-order valence-electron chi connectivity index (χ4n) is 2.84. The Balaban J connectivity index is 1.53. The number of para-hydroxylation sites is 2. The van der Waals surface area contributed by atoms with Gasteiger partial charge in [0.25, 0.3) is 0 Å². The molecule has 28 heavy (non-hydrogen) atoms.